The second kappa shape index (κ2) is 10.4. The Hall–Kier alpha value is -1.46. The molecule has 1 atom stereocenters. The van der Waals surface area contributed by atoms with E-state index in [0.29, 0.717) is 13.2 Å². The van der Waals surface area contributed by atoms with Crippen LogP contribution in [0.15, 0.2) is 36.4 Å². The molecule has 0 bridgehead atoms. The van der Waals surface area contributed by atoms with E-state index in [-0.39, 0.29) is 12.4 Å². The van der Waals surface area contributed by atoms with Gasteiger partial charge < -0.3 is 14.7 Å². The first kappa shape index (κ1) is 22.8. The zero-order valence-electron chi connectivity index (χ0n) is 16.8. The summed E-state index contributed by atoms with van der Waals surface area (Å²) in [6.45, 7) is 10.9. The minimum atomic E-state index is -0.495. The van der Waals surface area contributed by atoms with Crippen LogP contribution >= 0.6 is 24.0 Å². The molecule has 1 saturated heterocycles. The Labute approximate surface area is 179 Å². The van der Waals surface area contributed by atoms with Gasteiger partial charge in [0.25, 0.3) is 0 Å². The lowest BCUT2D eigenvalue weighted by Crippen LogP contribution is -2.49. The van der Waals surface area contributed by atoms with Crippen LogP contribution in [0, 0.1) is 20.8 Å². The molecule has 1 aliphatic rings. The molecule has 0 aromatic heterocycles. The maximum absolute atomic E-state index is 10.4. The molecule has 0 amide bonds. The van der Waals surface area contributed by atoms with Gasteiger partial charge >= 0.3 is 0 Å². The van der Waals surface area contributed by atoms with E-state index < -0.39 is 6.10 Å². The molecule has 0 saturated carbocycles. The van der Waals surface area contributed by atoms with E-state index in [1.807, 2.05) is 31.2 Å². The molecule has 4 nitrogen and oxygen atoms in total. The second-order valence-corrected chi connectivity index (χ2v) is 7.89. The molecule has 2 aromatic carbocycles. The standard InChI is InChI=1S/C22H29ClN2O2.ClH/c1-16-4-7-22(18(3)12-16)27-15-20(26)14-24-8-10-25(11-9-24)21-13-19(23)6-5-17(21)2;/h4-7,12-13,20,26H,8-11,14-15H2,1-3H3;1H. The van der Waals surface area contributed by atoms with Crippen molar-refractivity contribution in [1.82, 2.24) is 4.90 Å². The number of β-amino-alcohol motifs (C(OH)–C–C–N with tert-alkyl or cyclic N) is 1. The number of halogens is 2. The van der Waals surface area contributed by atoms with E-state index in [1.54, 1.807) is 0 Å². The topological polar surface area (TPSA) is 35.9 Å². The summed E-state index contributed by atoms with van der Waals surface area (Å²) in [5.41, 5.74) is 4.77. The molecule has 6 heteroatoms. The second-order valence-electron chi connectivity index (χ2n) is 7.45. The summed E-state index contributed by atoms with van der Waals surface area (Å²) in [6, 6.07) is 12.1. The Morgan fingerprint density at radius 3 is 2.39 bits per heavy atom. The predicted molar refractivity (Wildman–Crippen MR) is 120 cm³/mol. The van der Waals surface area contributed by atoms with Gasteiger partial charge in [0.15, 0.2) is 0 Å². The monoisotopic (exact) mass is 424 g/mol. The fraction of sp³-hybridized carbons (Fsp3) is 0.455. The van der Waals surface area contributed by atoms with Crippen LogP contribution in [-0.2, 0) is 0 Å². The third-order valence-corrected chi connectivity index (χ3v) is 5.35. The van der Waals surface area contributed by atoms with E-state index in [4.69, 9.17) is 16.3 Å². The Bertz CT molecular complexity index is 777. The Balaban J connectivity index is 0.00000280. The SMILES string of the molecule is Cc1ccc(OCC(O)CN2CCN(c3cc(Cl)ccc3C)CC2)c(C)c1.Cl. The van der Waals surface area contributed by atoms with E-state index in [1.165, 1.54) is 16.8 Å². The Morgan fingerprint density at radius 2 is 1.71 bits per heavy atom. The largest absolute Gasteiger partial charge is 0.491 e. The molecular weight excluding hydrogens is 395 g/mol. The van der Waals surface area contributed by atoms with Crippen molar-refractivity contribution in [2.45, 2.75) is 26.9 Å². The van der Waals surface area contributed by atoms with Gasteiger partial charge in [-0.2, -0.15) is 0 Å². The van der Waals surface area contributed by atoms with Gasteiger partial charge in [0.1, 0.15) is 18.5 Å². The highest BCUT2D eigenvalue weighted by atomic mass is 35.5. The highest BCUT2D eigenvalue weighted by Gasteiger charge is 2.21. The number of ether oxygens (including phenoxy) is 1. The third kappa shape index (κ3) is 6.02. The Morgan fingerprint density at radius 1 is 1.00 bits per heavy atom. The van der Waals surface area contributed by atoms with Crippen LogP contribution < -0.4 is 9.64 Å². The quantitative estimate of drug-likeness (QED) is 0.751. The molecular formula is C22H30Cl2N2O2. The molecule has 1 unspecified atom stereocenters. The maximum Gasteiger partial charge on any atom is 0.122 e. The number of benzene rings is 2. The average molecular weight is 425 g/mol. The molecule has 1 N–H and O–H groups in total. The summed E-state index contributed by atoms with van der Waals surface area (Å²) in [7, 11) is 0. The highest BCUT2D eigenvalue weighted by molar-refractivity contribution is 6.30. The number of hydrogen-bond acceptors (Lipinski definition) is 4. The molecule has 1 fully saturated rings. The molecule has 1 heterocycles. The van der Waals surface area contributed by atoms with Crippen LogP contribution in [0.25, 0.3) is 0 Å². The van der Waals surface area contributed by atoms with Gasteiger partial charge in [0.2, 0.25) is 0 Å². The summed E-state index contributed by atoms with van der Waals surface area (Å²) >= 11 is 6.15. The zero-order chi connectivity index (χ0) is 19.4. The average Bonchev–Trinajstić information content (AvgIpc) is 2.64. The molecule has 28 heavy (non-hydrogen) atoms. The lowest BCUT2D eigenvalue weighted by Gasteiger charge is -2.37. The van der Waals surface area contributed by atoms with Crippen molar-refractivity contribution in [3.05, 3.63) is 58.1 Å². The number of aryl methyl sites for hydroxylation is 3. The van der Waals surface area contributed by atoms with E-state index >= 15 is 0 Å². The number of aliphatic hydroxyl groups is 1. The molecule has 0 aliphatic carbocycles. The van der Waals surface area contributed by atoms with Gasteiger partial charge in [-0.25, -0.2) is 0 Å². The molecule has 1 aliphatic heterocycles. The zero-order valence-corrected chi connectivity index (χ0v) is 18.4. The van der Waals surface area contributed by atoms with Gasteiger partial charge in [-0.05, 0) is 50.1 Å². The summed E-state index contributed by atoms with van der Waals surface area (Å²) < 4.78 is 5.81. The van der Waals surface area contributed by atoms with E-state index in [2.05, 4.69) is 35.8 Å². The van der Waals surface area contributed by atoms with Crippen molar-refractivity contribution in [2.24, 2.45) is 0 Å². The molecule has 0 radical (unpaired) electrons. The summed E-state index contributed by atoms with van der Waals surface area (Å²) in [6.07, 6.45) is -0.495. The fourth-order valence-electron chi connectivity index (χ4n) is 3.59. The number of anilines is 1. The molecule has 3 rings (SSSR count). The summed E-state index contributed by atoms with van der Waals surface area (Å²) in [5.74, 6) is 0.848. The van der Waals surface area contributed by atoms with E-state index in [9.17, 15) is 5.11 Å². The summed E-state index contributed by atoms with van der Waals surface area (Å²) in [5, 5.41) is 11.1. The van der Waals surface area contributed by atoms with Crippen molar-refractivity contribution < 1.29 is 9.84 Å². The van der Waals surface area contributed by atoms with Gasteiger partial charge in [0.05, 0.1) is 0 Å². The summed E-state index contributed by atoms with van der Waals surface area (Å²) in [4.78, 5) is 4.67. The van der Waals surface area contributed by atoms with Crippen LogP contribution in [0.5, 0.6) is 5.75 Å². The van der Waals surface area contributed by atoms with Crippen LogP contribution in [0.2, 0.25) is 5.02 Å². The smallest absolute Gasteiger partial charge is 0.122 e. The Kier molecular flexibility index (Phi) is 8.44. The lowest BCUT2D eigenvalue weighted by atomic mass is 10.1. The van der Waals surface area contributed by atoms with Crippen LogP contribution in [0.3, 0.4) is 0 Å². The lowest BCUT2D eigenvalue weighted by molar-refractivity contribution is 0.0661. The normalized spacial score (nSPS) is 15.8. The first-order valence-corrected chi connectivity index (χ1v) is 9.92. The van der Waals surface area contributed by atoms with Crippen molar-refractivity contribution in [3.8, 4) is 5.75 Å². The van der Waals surface area contributed by atoms with Crippen molar-refractivity contribution in [2.75, 3.05) is 44.2 Å². The van der Waals surface area contributed by atoms with Crippen LogP contribution in [0.1, 0.15) is 16.7 Å². The first-order valence-electron chi connectivity index (χ1n) is 9.54. The number of hydrogen-bond donors (Lipinski definition) is 1. The van der Waals surface area contributed by atoms with Crippen LogP contribution in [0.4, 0.5) is 5.69 Å². The van der Waals surface area contributed by atoms with Crippen molar-refractivity contribution >= 4 is 29.7 Å². The number of rotatable bonds is 6. The molecule has 0 spiro atoms. The number of aliphatic hydroxyl groups excluding tert-OH is 1. The van der Waals surface area contributed by atoms with Crippen molar-refractivity contribution in [3.63, 3.8) is 0 Å². The molecule has 2 aromatic rings. The van der Waals surface area contributed by atoms with Crippen molar-refractivity contribution in [1.29, 1.82) is 0 Å². The minimum absolute atomic E-state index is 0. The first-order chi connectivity index (χ1) is 12.9. The van der Waals surface area contributed by atoms with Gasteiger partial charge in [-0.3, -0.25) is 4.90 Å². The number of nitrogens with zero attached hydrogens (tertiary/aromatic N) is 2. The fourth-order valence-corrected chi connectivity index (χ4v) is 3.76. The molecule has 154 valence electrons. The minimum Gasteiger partial charge on any atom is -0.491 e. The number of piperazine rings is 1. The van der Waals surface area contributed by atoms with Crippen LogP contribution in [-0.4, -0.2) is 55.4 Å². The predicted octanol–water partition coefficient (Wildman–Crippen LogP) is 4.25. The van der Waals surface area contributed by atoms with Gasteiger partial charge in [0, 0.05) is 43.4 Å². The van der Waals surface area contributed by atoms with E-state index in [0.717, 1.165) is 42.5 Å². The highest BCUT2D eigenvalue weighted by Crippen LogP contribution is 2.25. The van der Waals surface area contributed by atoms with Gasteiger partial charge in [-0.1, -0.05) is 35.4 Å². The van der Waals surface area contributed by atoms with Gasteiger partial charge in [-0.15, -0.1) is 12.4 Å². The third-order valence-electron chi connectivity index (χ3n) is 5.11. The maximum atomic E-state index is 10.4.